The second-order valence-electron chi connectivity index (χ2n) is 23.3. The molecule has 0 radical (unpaired) electrons. The van der Waals surface area contributed by atoms with Crippen molar-refractivity contribution >= 4 is 45.5 Å². The number of H-pyrrole nitrogens is 1. The lowest BCUT2D eigenvalue weighted by Gasteiger charge is -2.30. The van der Waals surface area contributed by atoms with Crippen molar-refractivity contribution in [3.63, 3.8) is 0 Å². The van der Waals surface area contributed by atoms with Crippen molar-refractivity contribution in [1.29, 1.82) is 0 Å². The summed E-state index contributed by atoms with van der Waals surface area (Å²) in [6.45, 7) is -14.3. The number of anilines is 8. The van der Waals surface area contributed by atoms with E-state index in [0.717, 1.165) is 0 Å². The number of aromatic nitrogens is 2. The lowest BCUT2D eigenvalue weighted by Crippen LogP contribution is -2.33. The summed E-state index contributed by atoms with van der Waals surface area (Å²) in [6, 6.07) is 0.692. The van der Waals surface area contributed by atoms with Crippen molar-refractivity contribution in [3.05, 3.63) is 250 Å². The highest BCUT2D eigenvalue weighted by atomic mass is 19.2. The highest BCUT2D eigenvalue weighted by molar-refractivity contribution is 5.70. The largest absolute Gasteiger partial charge is 0.331 e. The van der Waals surface area contributed by atoms with E-state index in [4.69, 9.17) is 0 Å². The first-order valence-corrected chi connectivity index (χ1v) is 30.5. The molecule has 9 rings (SSSR count). The predicted octanol–water partition coefficient (Wildman–Crippen LogP) is 20.5. The zero-order chi connectivity index (χ0) is 84.4. The number of halogens is 40. The molecule has 0 spiro atoms. The van der Waals surface area contributed by atoms with Gasteiger partial charge in [-0.2, -0.15) is 5.10 Å². The molecule has 0 unspecified atom stereocenters. The van der Waals surface area contributed by atoms with Gasteiger partial charge in [0.25, 0.3) is 0 Å². The summed E-state index contributed by atoms with van der Waals surface area (Å²) in [6.07, 6.45) is -5.26. The van der Waals surface area contributed by atoms with E-state index in [-0.39, 0.29) is 0 Å². The van der Waals surface area contributed by atoms with Gasteiger partial charge >= 0.3 is 0 Å². The second kappa shape index (κ2) is 33.5. The Bertz CT molecular complexity index is 4160. The molecule has 0 aliphatic heterocycles. The smallest absolute Gasteiger partial charge is 0.200 e. The number of hydrogen-bond donors (Lipinski definition) is 1. The topological polar surface area (TPSA) is 48.1 Å². The lowest BCUT2D eigenvalue weighted by molar-refractivity contribution is 0.257. The van der Waals surface area contributed by atoms with E-state index in [1.807, 2.05) is 0 Å². The van der Waals surface area contributed by atoms with Gasteiger partial charge in [0, 0.05) is 71.1 Å². The number of nitrogens with zero attached hydrogens (tertiary/aromatic N) is 7. The maximum atomic E-state index is 15.6. The molecule has 0 atom stereocenters. The van der Waals surface area contributed by atoms with Crippen LogP contribution in [-0.2, 0) is 13.1 Å². The van der Waals surface area contributed by atoms with Gasteiger partial charge in [0.15, 0.2) is 186 Å². The molecule has 113 heavy (non-hydrogen) atoms. The van der Waals surface area contributed by atoms with Crippen LogP contribution in [0.2, 0.25) is 0 Å². The molecule has 8 nitrogen and oxygen atoms in total. The van der Waals surface area contributed by atoms with E-state index in [1.54, 1.807) is 0 Å². The molecule has 1 heterocycles. The van der Waals surface area contributed by atoms with Gasteiger partial charge in [-0.15, -0.1) is 0 Å². The lowest BCUT2D eigenvalue weighted by atomic mass is 10.1. The average Bonchev–Trinajstić information content (AvgIpc) is 0.924. The Morgan fingerprint density at radius 2 is 0.310 bits per heavy atom. The van der Waals surface area contributed by atoms with Gasteiger partial charge in [-0.25, -0.2) is 176 Å². The molecule has 1 aromatic heterocycles. The van der Waals surface area contributed by atoms with Crippen molar-refractivity contribution in [2.24, 2.45) is 0 Å². The molecule has 9 aromatic rings. The highest BCUT2D eigenvalue weighted by Gasteiger charge is 2.42. The summed E-state index contributed by atoms with van der Waals surface area (Å²) in [5.74, 6) is -121. The van der Waals surface area contributed by atoms with Crippen molar-refractivity contribution in [3.8, 4) is 0 Å². The molecule has 0 saturated carbocycles. The van der Waals surface area contributed by atoms with Crippen LogP contribution in [0.1, 0.15) is 37.1 Å². The van der Waals surface area contributed by atoms with Crippen molar-refractivity contribution in [2.75, 3.05) is 72.0 Å². The van der Waals surface area contributed by atoms with Crippen LogP contribution in [0.5, 0.6) is 0 Å². The first-order chi connectivity index (χ1) is 52.8. The Labute approximate surface area is 601 Å². The fourth-order valence-electron chi connectivity index (χ4n) is 11.4. The van der Waals surface area contributed by atoms with E-state index >= 15 is 70.2 Å². The van der Waals surface area contributed by atoms with Crippen LogP contribution in [0.15, 0.2) is 6.07 Å². The Kier molecular flexibility index (Phi) is 25.6. The van der Waals surface area contributed by atoms with Gasteiger partial charge in [0.05, 0.1) is 5.69 Å². The highest BCUT2D eigenvalue weighted by Crippen LogP contribution is 2.46. The van der Waals surface area contributed by atoms with Crippen molar-refractivity contribution in [2.45, 2.75) is 38.8 Å². The molecule has 48 heteroatoms. The minimum absolute atomic E-state index is 0.611. The zero-order valence-electron chi connectivity index (χ0n) is 54.2. The van der Waals surface area contributed by atoms with E-state index < -0.39 is 400 Å². The Morgan fingerprint density at radius 3 is 0.460 bits per heavy atom. The third kappa shape index (κ3) is 15.4. The molecule has 1 N–H and O–H groups in total. The summed E-state index contributed by atoms with van der Waals surface area (Å²) >= 11 is 0. The van der Waals surface area contributed by atoms with Crippen molar-refractivity contribution < 1.29 is 176 Å². The molecular weight excluding hydrogens is 1650 g/mol. The van der Waals surface area contributed by atoms with Gasteiger partial charge in [-0.3, -0.25) is 14.9 Å². The molecule has 0 bridgehead atoms. The van der Waals surface area contributed by atoms with Crippen LogP contribution in [0.25, 0.3) is 0 Å². The molecule has 610 valence electrons. The fourth-order valence-corrected chi connectivity index (χ4v) is 11.4. The molecule has 0 aliphatic carbocycles. The SMILES string of the molecule is Fc1c(F)c(F)c(N(CCCN(CCCN(c2c(F)c(F)c(F)c(F)c2F)c2c(F)c(F)c(F)c(F)c2F)Cc2cc(CN(CCCN(c3c(F)c(F)c(F)c(F)c3F)c3c(F)c(F)c(F)c(F)c3F)CCCN(c3c(F)c(F)c(F)c(F)c3F)c3c(F)c(F)c(F)c(F)c3F)[nH]n2)c2c(F)c(F)c(F)c(F)c2F)c(F)c1F. The van der Waals surface area contributed by atoms with Crippen LogP contribution in [0.3, 0.4) is 0 Å². The molecule has 0 amide bonds. The van der Waals surface area contributed by atoms with Crippen LogP contribution in [0, 0.1) is 233 Å². The van der Waals surface area contributed by atoms with E-state index in [2.05, 4.69) is 10.2 Å². The first-order valence-electron chi connectivity index (χ1n) is 30.5. The summed E-state index contributed by atoms with van der Waals surface area (Å²) in [4.78, 5) is -1.74. The van der Waals surface area contributed by atoms with E-state index in [0.29, 0.717) is 15.9 Å². The normalized spacial score (nSPS) is 11.8. The van der Waals surface area contributed by atoms with Gasteiger partial charge in [0.2, 0.25) is 46.5 Å². The third-order valence-electron chi connectivity index (χ3n) is 16.5. The maximum Gasteiger partial charge on any atom is 0.200 e. The second-order valence-corrected chi connectivity index (χ2v) is 23.3. The van der Waals surface area contributed by atoms with Gasteiger partial charge in [0.1, 0.15) is 45.5 Å². The molecule has 0 aliphatic rings. The molecule has 0 saturated heterocycles. The standard InChI is InChI=1S/C65H30F40N8/c66-18-26(74)42(90)58(43(91)27(18)75)110(59-44(92)28(76)19(67)29(77)45(59)93)9-1-5-108(6-2-10-111(60-46(94)30(78)20(68)31(79)47(60)95)61-48(96)32(80)21(69)33(81)49(61)97)14-16-13-17(107-106-16)15-109(7-3-11-112(62-50(98)34(82)22(70)35(83)51(62)99)63-52(100)36(84)23(71)37(85)53(63)101)8-4-12-113(64-54(102)38(86)24(72)39(87)55(64)103)65-56(104)40(88)25(73)41(89)57(65)105/h13H,1-12,14-15H2,(H,106,107). The Hall–Kier alpha value is -10.7. The number of rotatable bonds is 28. The van der Waals surface area contributed by atoms with E-state index in [1.165, 1.54) is 0 Å². The average molecular weight is 1680 g/mol. The molecule has 8 aromatic carbocycles. The summed E-state index contributed by atoms with van der Waals surface area (Å²) < 4.78 is 601. The minimum atomic E-state index is -3.06. The number of nitrogens with one attached hydrogen (secondary N) is 1. The monoisotopic (exact) mass is 1680 g/mol. The molecule has 0 fully saturated rings. The summed E-state index contributed by atoms with van der Waals surface area (Å²) in [5.41, 5.74) is -21.4. The third-order valence-corrected chi connectivity index (χ3v) is 16.5. The van der Waals surface area contributed by atoms with E-state index in [9.17, 15) is 105 Å². The zero-order valence-corrected chi connectivity index (χ0v) is 54.2. The minimum Gasteiger partial charge on any atom is -0.331 e. The summed E-state index contributed by atoms with van der Waals surface area (Å²) in [7, 11) is 0. The van der Waals surface area contributed by atoms with Gasteiger partial charge in [-0.05, 0) is 31.7 Å². The Balaban J connectivity index is 1.15. The Morgan fingerprint density at radius 1 is 0.177 bits per heavy atom. The number of hydrogen-bond acceptors (Lipinski definition) is 7. The van der Waals surface area contributed by atoms with Gasteiger partial charge in [-0.1, -0.05) is 0 Å². The quantitative estimate of drug-likeness (QED) is 0.0298. The van der Waals surface area contributed by atoms with Crippen LogP contribution < -0.4 is 19.6 Å². The van der Waals surface area contributed by atoms with Crippen LogP contribution in [0.4, 0.5) is 221 Å². The molecular formula is C65H30F40N8. The predicted molar refractivity (Wildman–Crippen MR) is 305 cm³/mol. The van der Waals surface area contributed by atoms with Crippen molar-refractivity contribution in [1.82, 2.24) is 20.0 Å². The van der Waals surface area contributed by atoms with Crippen LogP contribution >= 0.6 is 0 Å². The van der Waals surface area contributed by atoms with Crippen LogP contribution in [-0.4, -0.2) is 72.4 Å². The summed E-state index contributed by atoms with van der Waals surface area (Å²) in [5, 5.41) is 5.95. The maximum absolute atomic E-state index is 15.6. The van der Waals surface area contributed by atoms with Gasteiger partial charge < -0.3 is 19.6 Å². The number of benzene rings is 8. The number of aromatic amines is 1. The fraction of sp³-hybridized carbons (Fsp3) is 0.215. The first kappa shape index (κ1) is 86.3.